The first-order valence-electron chi connectivity index (χ1n) is 8.93. The molecule has 0 aliphatic rings. The molecule has 0 heterocycles. The van der Waals surface area contributed by atoms with E-state index in [0.717, 1.165) is 12.8 Å². The topological polar surface area (TPSA) is 0 Å². The molecule has 4 aromatic carbocycles. The van der Waals surface area contributed by atoms with E-state index in [9.17, 15) is 0 Å². The van der Waals surface area contributed by atoms with Crippen LogP contribution in [0.2, 0.25) is 0 Å². The van der Waals surface area contributed by atoms with Gasteiger partial charge in [-0.15, -0.1) is 81.2 Å². The SMILES string of the molecule is CC[c-]1cc(C)c2ccccc21.CC[c-]1cc(C)c2ccccc21.[Cl-].[Cl-].[Zr+4]. The summed E-state index contributed by atoms with van der Waals surface area (Å²) >= 11 is 0. The van der Waals surface area contributed by atoms with Crippen LogP contribution in [0.15, 0.2) is 60.7 Å². The van der Waals surface area contributed by atoms with E-state index < -0.39 is 0 Å². The first kappa shape index (κ1) is 26.1. The molecule has 0 saturated heterocycles. The number of hydrogen-bond acceptors (Lipinski definition) is 0. The van der Waals surface area contributed by atoms with E-state index in [4.69, 9.17) is 0 Å². The van der Waals surface area contributed by atoms with Gasteiger partial charge in [-0.1, -0.05) is 52.7 Å². The molecule has 0 amide bonds. The van der Waals surface area contributed by atoms with E-state index in [-0.39, 0.29) is 51.0 Å². The normalized spacial score (nSPS) is 9.63. The van der Waals surface area contributed by atoms with Crippen molar-refractivity contribution in [3.05, 3.63) is 82.9 Å². The molecule has 0 unspecified atom stereocenters. The van der Waals surface area contributed by atoms with Gasteiger partial charge in [0.1, 0.15) is 0 Å². The molecule has 0 aliphatic heterocycles. The minimum atomic E-state index is 0. The van der Waals surface area contributed by atoms with Crippen LogP contribution < -0.4 is 24.8 Å². The molecule has 4 aromatic rings. The zero-order valence-electron chi connectivity index (χ0n) is 16.4. The van der Waals surface area contributed by atoms with Crippen LogP contribution in [0.5, 0.6) is 0 Å². The number of benzene rings is 2. The van der Waals surface area contributed by atoms with Crippen LogP contribution in [0.25, 0.3) is 21.5 Å². The van der Waals surface area contributed by atoms with Crippen molar-refractivity contribution in [2.24, 2.45) is 0 Å². The van der Waals surface area contributed by atoms with Gasteiger partial charge in [0.05, 0.1) is 0 Å². The molecule has 0 bridgehead atoms. The predicted octanol–water partition coefficient (Wildman–Crippen LogP) is 0.865. The van der Waals surface area contributed by atoms with Crippen molar-refractivity contribution >= 4 is 21.5 Å². The van der Waals surface area contributed by atoms with Crippen molar-refractivity contribution in [1.29, 1.82) is 0 Å². The van der Waals surface area contributed by atoms with Gasteiger partial charge >= 0.3 is 26.2 Å². The Hall–Kier alpha value is -0.877. The Labute approximate surface area is 195 Å². The molecule has 0 N–H and O–H groups in total. The first-order valence-corrected chi connectivity index (χ1v) is 8.93. The van der Waals surface area contributed by atoms with E-state index in [2.05, 4.69) is 88.4 Å². The monoisotopic (exact) mass is 474 g/mol. The van der Waals surface area contributed by atoms with E-state index in [1.54, 1.807) is 0 Å². The van der Waals surface area contributed by atoms with Gasteiger partial charge in [-0.25, -0.2) is 0 Å². The van der Waals surface area contributed by atoms with Gasteiger partial charge in [0.25, 0.3) is 0 Å². The number of halogens is 2. The second-order valence-electron chi connectivity index (χ2n) is 6.50. The maximum absolute atomic E-state index is 2.30. The summed E-state index contributed by atoms with van der Waals surface area (Å²) in [6, 6.07) is 21.8. The van der Waals surface area contributed by atoms with Crippen molar-refractivity contribution < 1.29 is 51.0 Å². The fourth-order valence-corrected chi connectivity index (χ4v) is 3.63. The standard InChI is InChI=1S/2C12H13.2ClH.Zr/c2*1-3-10-8-9(2)11-6-4-5-7-12(10)11;;;/h2*4-8H,3H2,1-2H3;2*1H;/q2*-1;;;+4/p-2. The summed E-state index contributed by atoms with van der Waals surface area (Å²) in [6.07, 6.45) is 2.27. The minimum absolute atomic E-state index is 0. The predicted molar refractivity (Wildman–Crippen MR) is 107 cm³/mol. The van der Waals surface area contributed by atoms with Gasteiger partial charge in [-0.3, -0.25) is 0 Å². The molecule has 0 nitrogen and oxygen atoms in total. The molecule has 3 heteroatoms. The van der Waals surface area contributed by atoms with Crippen molar-refractivity contribution in [1.82, 2.24) is 0 Å². The number of fused-ring (bicyclic) bond motifs is 2. The van der Waals surface area contributed by atoms with Crippen LogP contribution >= 0.6 is 0 Å². The van der Waals surface area contributed by atoms with E-state index in [1.165, 1.54) is 43.8 Å². The number of hydrogen-bond donors (Lipinski definition) is 0. The van der Waals surface area contributed by atoms with Crippen LogP contribution in [0.1, 0.15) is 36.1 Å². The minimum Gasteiger partial charge on any atom is -1.00 e. The van der Waals surface area contributed by atoms with Gasteiger partial charge in [0.2, 0.25) is 0 Å². The second kappa shape index (κ2) is 11.9. The van der Waals surface area contributed by atoms with Gasteiger partial charge in [-0.05, 0) is 0 Å². The van der Waals surface area contributed by atoms with E-state index in [1.807, 2.05) is 0 Å². The zero-order valence-corrected chi connectivity index (χ0v) is 20.4. The molecule has 0 spiro atoms. The maximum Gasteiger partial charge on any atom is 4.00 e. The quantitative estimate of drug-likeness (QED) is 0.377. The largest absolute Gasteiger partial charge is 4.00 e. The molecule has 4 rings (SSSR count). The summed E-state index contributed by atoms with van der Waals surface area (Å²) < 4.78 is 0. The number of rotatable bonds is 2. The Balaban J connectivity index is 0.000000451. The molecular formula is C24H26Cl2Zr. The fraction of sp³-hybridized carbons (Fsp3) is 0.250. The molecule has 0 radical (unpaired) electrons. The summed E-state index contributed by atoms with van der Waals surface area (Å²) in [4.78, 5) is 0. The molecule has 140 valence electrons. The maximum atomic E-state index is 2.30. The smallest absolute Gasteiger partial charge is 1.00 e. The molecule has 27 heavy (non-hydrogen) atoms. The van der Waals surface area contributed by atoms with Crippen molar-refractivity contribution in [3.8, 4) is 0 Å². The first-order chi connectivity index (χ1) is 11.7. The third kappa shape index (κ3) is 5.57. The van der Waals surface area contributed by atoms with Gasteiger partial charge in [0, 0.05) is 0 Å². The van der Waals surface area contributed by atoms with Gasteiger partial charge in [-0.2, -0.15) is 11.1 Å². The van der Waals surface area contributed by atoms with Crippen molar-refractivity contribution in [2.45, 2.75) is 40.5 Å². The Kier molecular flexibility index (Phi) is 11.5. The molecule has 0 saturated carbocycles. The second-order valence-corrected chi connectivity index (χ2v) is 6.50. The van der Waals surface area contributed by atoms with Crippen molar-refractivity contribution in [2.75, 3.05) is 0 Å². The van der Waals surface area contributed by atoms with Crippen LogP contribution in [0, 0.1) is 13.8 Å². The molecule has 0 fully saturated rings. The molecular weight excluding hydrogens is 450 g/mol. The summed E-state index contributed by atoms with van der Waals surface area (Å²) in [5.41, 5.74) is 5.76. The zero-order chi connectivity index (χ0) is 17.1. The van der Waals surface area contributed by atoms with Crippen molar-refractivity contribution in [3.63, 3.8) is 0 Å². The average Bonchev–Trinajstić information content (AvgIpc) is 3.13. The summed E-state index contributed by atoms with van der Waals surface area (Å²) in [5, 5.41) is 5.68. The van der Waals surface area contributed by atoms with Crippen LogP contribution in [0.4, 0.5) is 0 Å². The summed E-state index contributed by atoms with van der Waals surface area (Å²) in [7, 11) is 0. The Bertz CT molecular complexity index is 883. The van der Waals surface area contributed by atoms with Crippen LogP contribution in [-0.2, 0) is 39.0 Å². The molecule has 0 aromatic heterocycles. The van der Waals surface area contributed by atoms with E-state index in [0.29, 0.717) is 0 Å². The fourth-order valence-electron chi connectivity index (χ4n) is 3.63. The summed E-state index contributed by atoms with van der Waals surface area (Å²) in [5.74, 6) is 0. The summed E-state index contributed by atoms with van der Waals surface area (Å²) in [6.45, 7) is 8.78. The Morgan fingerprint density at radius 3 is 1.30 bits per heavy atom. The third-order valence-corrected chi connectivity index (χ3v) is 4.94. The number of aryl methyl sites for hydroxylation is 4. The van der Waals surface area contributed by atoms with Crippen LogP contribution in [-0.4, -0.2) is 0 Å². The van der Waals surface area contributed by atoms with Gasteiger partial charge in [0.15, 0.2) is 0 Å². The van der Waals surface area contributed by atoms with Crippen LogP contribution in [0.3, 0.4) is 0 Å². The Morgan fingerprint density at radius 1 is 0.630 bits per heavy atom. The Morgan fingerprint density at radius 2 is 0.963 bits per heavy atom. The average molecular weight is 477 g/mol. The van der Waals surface area contributed by atoms with Gasteiger partial charge < -0.3 is 24.8 Å². The molecule has 0 atom stereocenters. The van der Waals surface area contributed by atoms with E-state index >= 15 is 0 Å². The molecule has 0 aliphatic carbocycles. The third-order valence-electron chi connectivity index (χ3n) is 4.94.